The highest BCUT2D eigenvalue weighted by Gasteiger charge is 2.16. The summed E-state index contributed by atoms with van der Waals surface area (Å²) < 4.78 is 1.92. The molecule has 25 heavy (non-hydrogen) atoms. The van der Waals surface area contributed by atoms with Crippen LogP contribution in [0.1, 0.15) is 26.3 Å². The first-order chi connectivity index (χ1) is 12.2. The van der Waals surface area contributed by atoms with Gasteiger partial charge in [0.15, 0.2) is 0 Å². The lowest BCUT2D eigenvalue weighted by molar-refractivity contribution is 0.534. The van der Waals surface area contributed by atoms with E-state index in [1.165, 1.54) is 0 Å². The molecule has 3 heterocycles. The van der Waals surface area contributed by atoms with Gasteiger partial charge in [-0.15, -0.1) is 0 Å². The minimum Gasteiger partial charge on any atom is -0.353 e. The van der Waals surface area contributed by atoms with E-state index >= 15 is 0 Å². The van der Waals surface area contributed by atoms with Gasteiger partial charge >= 0.3 is 0 Å². The molecule has 0 saturated carbocycles. The molecule has 0 spiro atoms. The molecule has 0 aliphatic rings. The van der Waals surface area contributed by atoms with Crippen LogP contribution >= 0.6 is 0 Å². The van der Waals surface area contributed by atoms with Gasteiger partial charge in [0, 0.05) is 48.5 Å². The van der Waals surface area contributed by atoms with Crippen molar-refractivity contribution in [1.82, 2.24) is 24.7 Å². The Hall–Kier alpha value is -3.27. The van der Waals surface area contributed by atoms with E-state index in [-0.39, 0.29) is 6.04 Å². The quantitative estimate of drug-likeness (QED) is 0.696. The Labute approximate surface area is 146 Å². The highest BCUT2D eigenvalue weighted by Crippen LogP contribution is 2.30. The summed E-state index contributed by atoms with van der Waals surface area (Å²) >= 11 is 0. The molecule has 3 aromatic heterocycles. The third kappa shape index (κ3) is 3.80. The van der Waals surface area contributed by atoms with E-state index in [1.807, 2.05) is 29.1 Å². The molecule has 0 atom stereocenters. The van der Waals surface area contributed by atoms with Gasteiger partial charge in [-0.2, -0.15) is 10.4 Å². The number of nitriles is 1. The van der Waals surface area contributed by atoms with Gasteiger partial charge in [0.05, 0.1) is 18.2 Å². The number of nitrogens with zero attached hydrogens (tertiary/aromatic N) is 6. The van der Waals surface area contributed by atoms with Crippen LogP contribution in [0.25, 0.3) is 22.5 Å². The average Bonchev–Trinajstić information content (AvgIpc) is 3.09. The Morgan fingerprint density at radius 2 is 2.16 bits per heavy atom. The Bertz CT molecular complexity index is 878. The third-order valence-corrected chi connectivity index (χ3v) is 3.65. The second kappa shape index (κ2) is 7.53. The third-order valence-electron chi connectivity index (χ3n) is 3.65. The Kier molecular flexibility index (Phi) is 5.00. The predicted molar refractivity (Wildman–Crippen MR) is 95.6 cm³/mol. The van der Waals surface area contributed by atoms with Crippen molar-refractivity contribution in [2.75, 3.05) is 11.9 Å². The van der Waals surface area contributed by atoms with Gasteiger partial charge in [0.1, 0.15) is 5.69 Å². The molecule has 0 saturated heterocycles. The van der Waals surface area contributed by atoms with Gasteiger partial charge in [-0.3, -0.25) is 9.67 Å². The van der Waals surface area contributed by atoms with Crippen molar-refractivity contribution in [2.45, 2.75) is 26.3 Å². The lowest BCUT2D eigenvalue weighted by atomic mass is 10.1. The second-order valence-corrected chi connectivity index (χ2v) is 5.81. The standard InChI is InChI=1S/C18H19N7/c1-13(2)25-12-15(17(24-25)14-5-3-8-20-11-14)16-6-10-22-18(23-16)21-9-4-7-19/h3,5-6,8,10-13H,4,9H2,1-2H3,(H,21,22,23). The molecule has 3 aromatic rings. The first kappa shape index (κ1) is 16.6. The first-order valence-electron chi connectivity index (χ1n) is 8.13. The molecular weight excluding hydrogens is 314 g/mol. The summed E-state index contributed by atoms with van der Waals surface area (Å²) in [6.07, 6.45) is 7.64. The Morgan fingerprint density at radius 3 is 2.88 bits per heavy atom. The molecule has 0 fully saturated rings. The summed E-state index contributed by atoms with van der Waals surface area (Å²) in [5.74, 6) is 0.502. The van der Waals surface area contributed by atoms with Crippen LogP contribution in [-0.2, 0) is 0 Å². The molecule has 7 nitrogen and oxygen atoms in total. The zero-order chi connectivity index (χ0) is 17.6. The number of nitrogens with one attached hydrogen (secondary N) is 1. The Balaban J connectivity index is 2.02. The minimum absolute atomic E-state index is 0.235. The van der Waals surface area contributed by atoms with Gasteiger partial charge in [0.2, 0.25) is 5.95 Å². The molecule has 0 amide bonds. The molecule has 0 aliphatic heterocycles. The van der Waals surface area contributed by atoms with Crippen LogP contribution in [0.2, 0.25) is 0 Å². The van der Waals surface area contributed by atoms with E-state index in [0.29, 0.717) is 18.9 Å². The van der Waals surface area contributed by atoms with Crippen molar-refractivity contribution in [3.05, 3.63) is 43.0 Å². The molecule has 0 unspecified atom stereocenters. The SMILES string of the molecule is CC(C)n1cc(-c2ccnc(NCCC#N)n2)c(-c2cccnc2)n1. The number of rotatable bonds is 6. The smallest absolute Gasteiger partial charge is 0.223 e. The predicted octanol–water partition coefficient (Wildman–Crippen LogP) is 3.31. The second-order valence-electron chi connectivity index (χ2n) is 5.81. The van der Waals surface area contributed by atoms with Crippen LogP contribution in [0.4, 0.5) is 5.95 Å². The number of pyridine rings is 1. The Morgan fingerprint density at radius 1 is 1.28 bits per heavy atom. The zero-order valence-electron chi connectivity index (χ0n) is 14.2. The van der Waals surface area contributed by atoms with Crippen molar-refractivity contribution < 1.29 is 0 Å². The number of anilines is 1. The molecule has 1 N–H and O–H groups in total. The van der Waals surface area contributed by atoms with Gasteiger partial charge < -0.3 is 5.32 Å². The molecular formula is C18H19N7. The molecule has 3 rings (SSSR count). The van der Waals surface area contributed by atoms with Gasteiger partial charge in [0.25, 0.3) is 0 Å². The molecule has 0 bridgehead atoms. The topological polar surface area (TPSA) is 92.3 Å². The summed E-state index contributed by atoms with van der Waals surface area (Å²) in [5, 5.41) is 16.4. The lowest BCUT2D eigenvalue weighted by Crippen LogP contribution is -2.04. The van der Waals surface area contributed by atoms with Crippen LogP contribution in [-0.4, -0.2) is 31.3 Å². The maximum atomic E-state index is 8.65. The summed E-state index contributed by atoms with van der Waals surface area (Å²) in [6, 6.07) is 8.06. The van der Waals surface area contributed by atoms with E-state index in [1.54, 1.807) is 18.6 Å². The minimum atomic E-state index is 0.235. The summed E-state index contributed by atoms with van der Waals surface area (Å²) in [7, 11) is 0. The van der Waals surface area contributed by atoms with Gasteiger partial charge in [-0.25, -0.2) is 9.97 Å². The van der Waals surface area contributed by atoms with E-state index in [9.17, 15) is 0 Å². The number of hydrogen-bond donors (Lipinski definition) is 1. The number of aromatic nitrogens is 5. The molecule has 126 valence electrons. The molecule has 7 heteroatoms. The van der Waals surface area contributed by atoms with Crippen molar-refractivity contribution in [3.8, 4) is 28.6 Å². The fourth-order valence-electron chi connectivity index (χ4n) is 2.38. The van der Waals surface area contributed by atoms with Crippen LogP contribution < -0.4 is 5.32 Å². The molecule has 0 radical (unpaired) electrons. The fraction of sp³-hybridized carbons (Fsp3) is 0.278. The average molecular weight is 333 g/mol. The molecule has 0 aliphatic carbocycles. The van der Waals surface area contributed by atoms with Crippen molar-refractivity contribution in [3.63, 3.8) is 0 Å². The highest BCUT2D eigenvalue weighted by atomic mass is 15.3. The van der Waals surface area contributed by atoms with E-state index < -0.39 is 0 Å². The van der Waals surface area contributed by atoms with Crippen LogP contribution in [0, 0.1) is 11.3 Å². The maximum Gasteiger partial charge on any atom is 0.223 e. The van der Waals surface area contributed by atoms with Crippen molar-refractivity contribution in [1.29, 1.82) is 5.26 Å². The number of hydrogen-bond acceptors (Lipinski definition) is 6. The summed E-state index contributed by atoms with van der Waals surface area (Å²) in [5.41, 5.74) is 3.48. The largest absolute Gasteiger partial charge is 0.353 e. The van der Waals surface area contributed by atoms with Crippen molar-refractivity contribution in [2.24, 2.45) is 0 Å². The van der Waals surface area contributed by atoms with Crippen LogP contribution in [0.3, 0.4) is 0 Å². The zero-order valence-corrected chi connectivity index (χ0v) is 14.2. The van der Waals surface area contributed by atoms with Gasteiger partial charge in [-0.1, -0.05) is 0 Å². The van der Waals surface area contributed by atoms with E-state index in [4.69, 9.17) is 10.4 Å². The highest BCUT2D eigenvalue weighted by molar-refractivity contribution is 5.78. The van der Waals surface area contributed by atoms with E-state index in [2.05, 4.69) is 40.2 Å². The maximum absolute atomic E-state index is 8.65. The van der Waals surface area contributed by atoms with Crippen molar-refractivity contribution >= 4 is 5.95 Å². The van der Waals surface area contributed by atoms with E-state index in [0.717, 1.165) is 22.5 Å². The molecule has 0 aromatic carbocycles. The fourth-order valence-corrected chi connectivity index (χ4v) is 2.38. The normalized spacial score (nSPS) is 10.6. The lowest BCUT2D eigenvalue weighted by Gasteiger charge is -2.05. The summed E-state index contributed by atoms with van der Waals surface area (Å²) in [4.78, 5) is 13.0. The summed E-state index contributed by atoms with van der Waals surface area (Å²) in [6.45, 7) is 4.68. The van der Waals surface area contributed by atoms with Crippen LogP contribution in [0.5, 0.6) is 0 Å². The monoisotopic (exact) mass is 333 g/mol. The first-order valence-corrected chi connectivity index (χ1v) is 8.13. The van der Waals surface area contributed by atoms with Crippen LogP contribution in [0.15, 0.2) is 43.0 Å². The van der Waals surface area contributed by atoms with Gasteiger partial charge in [-0.05, 0) is 32.0 Å².